The first kappa shape index (κ1) is 23.8. The minimum absolute atomic E-state index is 0.0504. The zero-order valence-electron chi connectivity index (χ0n) is 17.6. The summed E-state index contributed by atoms with van der Waals surface area (Å²) in [6.07, 6.45) is -0.663. The number of cyclic esters (lactones) is 1. The molecule has 0 radical (unpaired) electrons. The molecule has 0 spiro atoms. The van der Waals surface area contributed by atoms with Gasteiger partial charge in [-0.3, -0.25) is 4.90 Å². The lowest BCUT2D eigenvalue weighted by atomic mass is 9.99. The SMILES string of the molecule is CCCN1C(=O)OC(C)c2c1ccc(CS(=O)(=O)Cc1c(F)c(F)c(C)c(F)c1F)c2N. The van der Waals surface area contributed by atoms with Crippen molar-refractivity contribution in [1.29, 1.82) is 0 Å². The summed E-state index contributed by atoms with van der Waals surface area (Å²) in [6.45, 7) is 4.65. The second-order valence-corrected chi connectivity index (χ2v) is 9.71. The van der Waals surface area contributed by atoms with Crippen LogP contribution in [0.25, 0.3) is 0 Å². The first-order chi connectivity index (χ1) is 14.9. The van der Waals surface area contributed by atoms with Gasteiger partial charge < -0.3 is 10.5 Å². The number of nitrogen functional groups attached to an aromatic ring is 1. The predicted molar refractivity (Wildman–Crippen MR) is 111 cm³/mol. The number of halogens is 4. The van der Waals surface area contributed by atoms with Crippen LogP contribution in [0, 0.1) is 30.2 Å². The summed E-state index contributed by atoms with van der Waals surface area (Å²) in [4.78, 5) is 13.5. The van der Waals surface area contributed by atoms with E-state index in [9.17, 15) is 30.8 Å². The highest BCUT2D eigenvalue weighted by Crippen LogP contribution is 2.40. The van der Waals surface area contributed by atoms with Gasteiger partial charge in [0.15, 0.2) is 33.1 Å². The van der Waals surface area contributed by atoms with Crippen molar-refractivity contribution >= 4 is 27.3 Å². The Morgan fingerprint density at radius 2 is 1.66 bits per heavy atom. The predicted octanol–water partition coefficient (Wildman–Crippen LogP) is 4.68. The number of fused-ring (bicyclic) bond motifs is 1. The molecule has 6 nitrogen and oxygen atoms in total. The van der Waals surface area contributed by atoms with Crippen LogP contribution in [0.5, 0.6) is 0 Å². The van der Waals surface area contributed by atoms with Crippen LogP contribution in [0.3, 0.4) is 0 Å². The van der Waals surface area contributed by atoms with Gasteiger partial charge in [0.05, 0.1) is 17.2 Å². The molecular formula is C21H22F4N2O4S. The van der Waals surface area contributed by atoms with Gasteiger partial charge in [-0.15, -0.1) is 0 Å². The van der Waals surface area contributed by atoms with Crippen molar-refractivity contribution in [2.75, 3.05) is 17.2 Å². The summed E-state index contributed by atoms with van der Waals surface area (Å²) in [7, 11) is -4.29. The van der Waals surface area contributed by atoms with Crippen molar-refractivity contribution in [3.8, 4) is 0 Å². The fourth-order valence-corrected chi connectivity index (χ4v) is 5.21. The van der Waals surface area contributed by atoms with Crippen LogP contribution >= 0.6 is 0 Å². The van der Waals surface area contributed by atoms with E-state index in [4.69, 9.17) is 10.5 Å². The largest absolute Gasteiger partial charge is 0.441 e. The maximum absolute atomic E-state index is 14.2. The Bertz CT molecular complexity index is 1170. The number of hydrogen-bond donors (Lipinski definition) is 1. The van der Waals surface area contributed by atoms with Crippen molar-refractivity contribution in [1.82, 2.24) is 0 Å². The van der Waals surface area contributed by atoms with Crippen molar-refractivity contribution in [2.45, 2.75) is 44.8 Å². The average Bonchev–Trinajstić information content (AvgIpc) is 2.72. The fraction of sp³-hybridized carbons (Fsp3) is 0.381. The van der Waals surface area contributed by atoms with Crippen molar-refractivity contribution < 1.29 is 35.5 Å². The Hall–Kier alpha value is -2.82. The third-order valence-corrected chi connectivity index (χ3v) is 6.79. The molecule has 32 heavy (non-hydrogen) atoms. The molecule has 0 fully saturated rings. The van der Waals surface area contributed by atoms with Gasteiger partial charge >= 0.3 is 6.09 Å². The van der Waals surface area contributed by atoms with Crippen LogP contribution in [0.2, 0.25) is 0 Å². The van der Waals surface area contributed by atoms with Crippen LogP contribution in [0.4, 0.5) is 33.7 Å². The minimum atomic E-state index is -4.29. The number of nitrogens with two attached hydrogens (primary N) is 1. The maximum Gasteiger partial charge on any atom is 0.414 e. The molecule has 2 aromatic carbocycles. The van der Waals surface area contributed by atoms with Crippen molar-refractivity contribution in [3.63, 3.8) is 0 Å². The Balaban J connectivity index is 1.98. The fourth-order valence-electron chi connectivity index (χ4n) is 3.69. The molecule has 1 amide bonds. The molecule has 0 saturated carbocycles. The smallest absolute Gasteiger partial charge is 0.414 e. The Kier molecular flexibility index (Phi) is 6.41. The number of carbonyl (C=O) groups excluding carboxylic acids is 1. The molecule has 11 heteroatoms. The first-order valence-electron chi connectivity index (χ1n) is 9.80. The summed E-state index contributed by atoms with van der Waals surface area (Å²) in [5.41, 5.74) is 5.15. The van der Waals surface area contributed by atoms with Gasteiger partial charge in [0.25, 0.3) is 0 Å². The lowest BCUT2D eigenvalue weighted by molar-refractivity contribution is 0.108. The Labute approximate surface area is 182 Å². The zero-order valence-corrected chi connectivity index (χ0v) is 18.5. The van der Waals surface area contributed by atoms with E-state index in [0.717, 1.165) is 6.92 Å². The molecule has 0 aromatic heterocycles. The number of sulfone groups is 1. The van der Waals surface area contributed by atoms with Crippen molar-refractivity contribution in [2.24, 2.45) is 0 Å². The monoisotopic (exact) mass is 474 g/mol. The second kappa shape index (κ2) is 8.61. The van der Waals surface area contributed by atoms with Gasteiger partial charge in [-0.1, -0.05) is 13.0 Å². The topological polar surface area (TPSA) is 89.7 Å². The minimum Gasteiger partial charge on any atom is -0.441 e. The Morgan fingerprint density at radius 1 is 1.06 bits per heavy atom. The quantitative estimate of drug-likeness (QED) is 0.373. The van der Waals surface area contributed by atoms with Gasteiger partial charge in [0.1, 0.15) is 6.10 Å². The van der Waals surface area contributed by atoms with Gasteiger partial charge in [-0.25, -0.2) is 30.8 Å². The molecule has 1 heterocycles. The molecular weight excluding hydrogens is 452 g/mol. The summed E-state index contributed by atoms with van der Waals surface area (Å²) in [5, 5.41) is 0. The molecule has 1 aliphatic rings. The van der Waals surface area contributed by atoms with Gasteiger partial charge in [-0.2, -0.15) is 0 Å². The number of amides is 1. The van der Waals surface area contributed by atoms with E-state index < -0.39 is 67.9 Å². The molecule has 174 valence electrons. The normalized spacial score (nSPS) is 16.2. The van der Waals surface area contributed by atoms with E-state index in [0.29, 0.717) is 24.2 Å². The number of anilines is 2. The number of carbonyl (C=O) groups is 1. The molecule has 3 rings (SSSR count). The van der Waals surface area contributed by atoms with Crippen LogP contribution in [0.1, 0.15) is 48.6 Å². The highest BCUT2D eigenvalue weighted by Gasteiger charge is 2.33. The summed E-state index contributed by atoms with van der Waals surface area (Å²) in [6, 6.07) is 2.91. The number of nitrogens with zero attached hydrogens (tertiary/aromatic N) is 1. The third kappa shape index (κ3) is 4.13. The number of benzene rings is 2. The molecule has 2 aromatic rings. The molecule has 0 aliphatic carbocycles. The van der Waals surface area contributed by atoms with E-state index in [1.54, 1.807) is 6.92 Å². The first-order valence-corrected chi connectivity index (χ1v) is 11.6. The standard InChI is InChI=1S/C21H22F4N2O4S/c1-4-7-27-14-6-5-12(20(26)15(14)11(3)31-21(27)28)8-32(29,30)9-13-18(24)16(22)10(2)17(23)19(13)25/h5-6,11H,4,7-9,26H2,1-3H3. The van der Waals surface area contributed by atoms with Crippen LogP contribution < -0.4 is 10.6 Å². The number of rotatable bonds is 6. The summed E-state index contributed by atoms with van der Waals surface area (Å²) >= 11 is 0. The van der Waals surface area contributed by atoms with Crippen LogP contribution in [0.15, 0.2) is 12.1 Å². The highest BCUT2D eigenvalue weighted by atomic mass is 32.2. The number of ether oxygens (including phenoxy) is 1. The zero-order chi connectivity index (χ0) is 24.0. The van der Waals surface area contributed by atoms with E-state index in [-0.39, 0.29) is 11.3 Å². The lowest BCUT2D eigenvalue weighted by Gasteiger charge is -2.33. The van der Waals surface area contributed by atoms with E-state index in [1.165, 1.54) is 17.0 Å². The van der Waals surface area contributed by atoms with Gasteiger partial charge in [-0.05, 0) is 31.9 Å². The molecule has 0 bridgehead atoms. The molecule has 1 unspecified atom stereocenters. The number of hydrogen-bond acceptors (Lipinski definition) is 5. The molecule has 1 atom stereocenters. The summed E-state index contributed by atoms with van der Waals surface area (Å²) in [5.74, 6) is -8.79. The van der Waals surface area contributed by atoms with E-state index in [2.05, 4.69) is 0 Å². The molecule has 0 saturated heterocycles. The van der Waals surface area contributed by atoms with Gasteiger partial charge in [0, 0.05) is 28.9 Å². The van der Waals surface area contributed by atoms with Gasteiger partial charge in [0.2, 0.25) is 0 Å². The van der Waals surface area contributed by atoms with Crippen molar-refractivity contribution in [3.05, 3.63) is 57.7 Å². The van der Waals surface area contributed by atoms with Crippen LogP contribution in [-0.4, -0.2) is 21.1 Å². The third-order valence-electron chi connectivity index (χ3n) is 5.31. The highest BCUT2D eigenvalue weighted by molar-refractivity contribution is 7.89. The van der Waals surface area contributed by atoms with E-state index >= 15 is 0 Å². The van der Waals surface area contributed by atoms with E-state index in [1.807, 2.05) is 6.92 Å². The molecule has 1 aliphatic heterocycles. The lowest BCUT2D eigenvalue weighted by Crippen LogP contribution is -2.38. The average molecular weight is 474 g/mol. The van der Waals surface area contributed by atoms with Crippen LogP contribution in [-0.2, 0) is 26.1 Å². The maximum atomic E-state index is 14.2. The molecule has 2 N–H and O–H groups in total. The summed E-state index contributed by atoms with van der Waals surface area (Å²) < 4.78 is 86.6. The Morgan fingerprint density at radius 3 is 2.22 bits per heavy atom. The second-order valence-electron chi connectivity index (χ2n) is 7.64.